The number of hydrogen-bond donors (Lipinski definition) is 1. The third kappa shape index (κ3) is 4.23. The molecule has 1 aliphatic heterocycles. The largest absolute Gasteiger partial charge is 0.492 e. The maximum atomic E-state index is 12.8. The summed E-state index contributed by atoms with van der Waals surface area (Å²) in [5.41, 5.74) is 0. The first-order chi connectivity index (χ1) is 12.6. The van der Waals surface area contributed by atoms with Crippen LogP contribution in [-0.2, 0) is 14.8 Å². The molecule has 138 valence electrons. The summed E-state index contributed by atoms with van der Waals surface area (Å²) in [5, 5.41) is 2.78. The molecule has 0 saturated carbocycles. The molecule has 2 aromatic rings. The van der Waals surface area contributed by atoms with Crippen LogP contribution in [0.1, 0.15) is 12.8 Å². The molecular formula is C19H22N2O4S. The summed E-state index contributed by atoms with van der Waals surface area (Å²) in [7, 11) is -3.67. The second-order valence-corrected chi connectivity index (χ2v) is 7.93. The van der Waals surface area contributed by atoms with E-state index in [1.165, 1.54) is 4.31 Å². The molecule has 3 rings (SSSR count). The van der Waals surface area contributed by atoms with Gasteiger partial charge in [-0.05, 0) is 37.1 Å². The van der Waals surface area contributed by atoms with Crippen molar-refractivity contribution >= 4 is 15.9 Å². The molecule has 1 amide bonds. The Hall–Kier alpha value is -2.38. The fourth-order valence-electron chi connectivity index (χ4n) is 3.00. The lowest BCUT2D eigenvalue weighted by molar-refractivity contribution is -0.124. The monoisotopic (exact) mass is 374 g/mol. The number of carbonyl (C=O) groups excluding carboxylic acids is 1. The van der Waals surface area contributed by atoms with Crippen LogP contribution in [0.25, 0.3) is 0 Å². The van der Waals surface area contributed by atoms with E-state index < -0.39 is 16.1 Å². The number of rotatable bonds is 7. The van der Waals surface area contributed by atoms with Crippen molar-refractivity contribution in [2.45, 2.75) is 23.8 Å². The Morgan fingerprint density at radius 2 is 1.73 bits per heavy atom. The minimum atomic E-state index is -3.67. The Morgan fingerprint density at radius 3 is 2.42 bits per heavy atom. The number of sulfonamides is 1. The number of para-hydroxylation sites is 1. The van der Waals surface area contributed by atoms with Crippen LogP contribution in [-0.4, -0.2) is 44.4 Å². The molecule has 0 aromatic heterocycles. The Bertz CT molecular complexity index is 825. The van der Waals surface area contributed by atoms with Gasteiger partial charge in [-0.1, -0.05) is 36.4 Å². The first-order valence-electron chi connectivity index (χ1n) is 8.61. The highest BCUT2D eigenvalue weighted by atomic mass is 32.2. The molecule has 7 heteroatoms. The smallest absolute Gasteiger partial charge is 0.243 e. The van der Waals surface area contributed by atoms with Crippen LogP contribution >= 0.6 is 0 Å². The molecule has 1 atom stereocenters. The van der Waals surface area contributed by atoms with Crippen LogP contribution < -0.4 is 10.1 Å². The maximum absolute atomic E-state index is 12.8. The van der Waals surface area contributed by atoms with Gasteiger partial charge < -0.3 is 10.1 Å². The molecule has 0 radical (unpaired) electrons. The van der Waals surface area contributed by atoms with E-state index in [0.29, 0.717) is 32.5 Å². The zero-order valence-electron chi connectivity index (χ0n) is 14.4. The summed E-state index contributed by atoms with van der Waals surface area (Å²) in [6.07, 6.45) is 1.20. The van der Waals surface area contributed by atoms with Gasteiger partial charge in [-0.15, -0.1) is 0 Å². The van der Waals surface area contributed by atoms with Gasteiger partial charge in [-0.2, -0.15) is 4.31 Å². The van der Waals surface area contributed by atoms with Crippen LogP contribution in [0.3, 0.4) is 0 Å². The summed E-state index contributed by atoms with van der Waals surface area (Å²) in [5.74, 6) is 0.453. The van der Waals surface area contributed by atoms with Gasteiger partial charge in [0.15, 0.2) is 0 Å². The Morgan fingerprint density at radius 1 is 1.08 bits per heavy atom. The van der Waals surface area contributed by atoms with E-state index in [1.54, 1.807) is 30.3 Å². The van der Waals surface area contributed by atoms with Gasteiger partial charge in [0.1, 0.15) is 18.4 Å². The van der Waals surface area contributed by atoms with Crippen LogP contribution in [0.15, 0.2) is 65.6 Å². The standard InChI is InChI=1S/C19H22N2O4S/c22-19(20-13-15-25-16-8-3-1-4-9-16)18-12-7-14-21(18)26(23,24)17-10-5-2-6-11-17/h1-6,8-11,18H,7,12-15H2,(H,20,22)/t18-/m1/s1. The molecule has 1 aliphatic rings. The molecule has 0 unspecified atom stereocenters. The second kappa shape index (κ2) is 8.33. The minimum Gasteiger partial charge on any atom is -0.492 e. The first-order valence-corrected chi connectivity index (χ1v) is 10.1. The minimum absolute atomic E-state index is 0.215. The van der Waals surface area contributed by atoms with Crippen molar-refractivity contribution in [2.75, 3.05) is 19.7 Å². The van der Waals surface area contributed by atoms with Crippen molar-refractivity contribution in [1.82, 2.24) is 9.62 Å². The molecule has 1 saturated heterocycles. The van der Waals surface area contributed by atoms with Crippen molar-refractivity contribution in [2.24, 2.45) is 0 Å². The molecule has 2 aromatic carbocycles. The lowest BCUT2D eigenvalue weighted by atomic mass is 10.2. The van der Waals surface area contributed by atoms with Gasteiger partial charge in [-0.25, -0.2) is 8.42 Å². The quantitative estimate of drug-likeness (QED) is 0.753. The van der Waals surface area contributed by atoms with E-state index in [2.05, 4.69) is 5.32 Å². The SMILES string of the molecule is O=C(NCCOc1ccccc1)[C@H]1CCCN1S(=O)(=O)c1ccccc1. The predicted molar refractivity (Wildman–Crippen MR) is 98.3 cm³/mol. The highest BCUT2D eigenvalue weighted by molar-refractivity contribution is 7.89. The van der Waals surface area contributed by atoms with Crippen LogP contribution in [0, 0.1) is 0 Å². The third-order valence-electron chi connectivity index (χ3n) is 4.27. The second-order valence-electron chi connectivity index (χ2n) is 6.04. The molecule has 6 nitrogen and oxygen atoms in total. The highest BCUT2D eigenvalue weighted by Gasteiger charge is 2.39. The topological polar surface area (TPSA) is 75.7 Å². The number of benzene rings is 2. The Labute approximate surface area is 153 Å². The number of ether oxygens (including phenoxy) is 1. The lowest BCUT2D eigenvalue weighted by Gasteiger charge is -2.23. The van der Waals surface area contributed by atoms with Gasteiger partial charge in [0.05, 0.1) is 11.4 Å². The van der Waals surface area contributed by atoms with Crippen LogP contribution in [0.4, 0.5) is 0 Å². The van der Waals surface area contributed by atoms with E-state index in [4.69, 9.17) is 4.74 Å². The molecular weight excluding hydrogens is 352 g/mol. The Balaban J connectivity index is 1.56. The number of nitrogens with zero attached hydrogens (tertiary/aromatic N) is 1. The molecule has 1 heterocycles. The van der Waals surface area contributed by atoms with Gasteiger partial charge in [-0.3, -0.25) is 4.79 Å². The van der Waals surface area contributed by atoms with Gasteiger partial charge >= 0.3 is 0 Å². The summed E-state index contributed by atoms with van der Waals surface area (Å²) < 4.78 is 32.4. The number of hydrogen-bond acceptors (Lipinski definition) is 4. The summed E-state index contributed by atoms with van der Waals surface area (Å²) in [6, 6.07) is 16.9. The van der Waals surface area contributed by atoms with E-state index in [9.17, 15) is 13.2 Å². The number of amides is 1. The third-order valence-corrected chi connectivity index (χ3v) is 6.19. The normalized spacial score (nSPS) is 17.8. The highest BCUT2D eigenvalue weighted by Crippen LogP contribution is 2.26. The van der Waals surface area contributed by atoms with Crippen LogP contribution in [0.2, 0.25) is 0 Å². The van der Waals surface area contributed by atoms with Gasteiger partial charge in [0.2, 0.25) is 15.9 Å². The molecule has 1 fully saturated rings. The predicted octanol–water partition coefficient (Wildman–Crippen LogP) is 2.03. The van der Waals surface area contributed by atoms with E-state index in [0.717, 1.165) is 5.75 Å². The number of nitrogens with one attached hydrogen (secondary N) is 1. The first kappa shape index (κ1) is 18.4. The van der Waals surface area contributed by atoms with Crippen molar-refractivity contribution in [1.29, 1.82) is 0 Å². The maximum Gasteiger partial charge on any atom is 0.243 e. The zero-order valence-corrected chi connectivity index (χ0v) is 15.2. The lowest BCUT2D eigenvalue weighted by Crippen LogP contribution is -2.46. The average molecular weight is 374 g/mol. The van der Waals surface area contributed by atoms with Crippen molar-refractivity contribution in [3.63, 3.8) is 0 Å². The van der Waals surface area contributed by atoms with Crippen LogP contribution in [0.5, 0.6) is 5.75 Å². The number of carbonyl (C=O) groups is 1. The summed E-state index contributed by atoms with van der Waals surface area (Å²) in [6.45, 7) is 1.01. The molecule has 0 spiro atoms. The van der Waals surface area contributed by atoms with E-state index in [-0.39, 0.29) is 10.8 Å². The average Bonchev–Trinajstić information content (AvgIpc) is 3.17. The zero-order chi connectivity index (χ0) is 18.4. The Kier molecular flexibility index (Phi) is 5.90. The van der Waals surface area contributed by atoms with Gasteiger partial charge in [0.25, 0.3) is 0 Å². The van der Waals surface area contributed by atoms with E-state index >= 15 is 0 Å². The van der Waals surface area contributed by atoms with Crippen molar-refractivity contribution in [3.8, 4) is 5.75 Å². The fraction of sp³-hybridized carbons (Fsp3) is 0.316. The van der Waals surface area contributed by atoms with Crippen molar-refractivity contribution < 1.29 is 17.9 Å². The summed E-state index contributed by atoms with van der Waals surface area (Å²) in [4.78, 5) is 12.7. The summed E-state index contributed by atoms with van der Waals surface area (Å²) >= 11 is 0. The van der Waals surface area contributed by atoms with E-state index in [1.807, 2.05) is 30.3 Å². The fourth-order valence-corrected chi connectivity index (χ4v) is 4.67. The molecule has 26 heavy (non-hydrogen) atoms. The van der Waals surface area contributed by atoms with Gasteiger partial charge in [0, 0.05) is 6.54 Å². The molecule has 0 aliphatic carbocycles. The molecule has 0 bridgehead atoms. The van der Waals surface area contributed by atoms with Crippen molar-refractivity contribution in [3.05, 3.63) is 60.7 Å². The molecule has 1 N–H and O–H groups in total.